The van der Waals surface area contributed by atoms with E-state index in [-0.39, 0.29) is 17.5 Å². The number of hydrogen-bond donors (Lipinski definition) is 2. The summed E-state index contributed by atoms with van der Waals surface area (Å²) < 4.78 is 5.05. The quantitative estimate of drug-likeness (QED) is 0.612. The molecule has 0 saturated heterocycles. The number of carbonyl (C=O) groups is 2. The van der Waals surface area contributed by atoms with Crippen molar-refractivity contribution >= 4 is 18.0 Å². The summed E-state index contributed by atoms with van der Waals surface area (Å²) in [5.74, 6) is -0.571. The maximum Gasteiger partial charge on any atom is 0.341 e. The van der Waals surface area contributed by atoms with Gasteiger partial charge in [-0.25, -0.2) is 4.79 Å². The van der Waals surface area contributed by atoms with Gasteiger partial charge in [-0.15, -0.1) is 0 Å². The van der Waals surface area contributed by atoms with Crippen molar-refractivity contribution in [3.63, 3.8) is 0 Å². The van der Waals surface area contributed by atoms with Gasteiger partial charge in [0.1, 0.15) is 17.4 Å². The molecule has 2 rings (SSSR count). The Labute approximate surface area is 147 Å². The zero-order chi connectivity index (χ0) is 18.2. The molecule has 6 nitrogen and oxygen atoms in total. The number of nitrogens with zero attached hydrogens (tertiary/aromatic N) is 1. The Kier molecular flexibility index (Phi) is 6.58. The number of carboxylic acids is 1. The van der Waals surface area contributed by atoms with E-state index in [0.29, 0.717) is 17.2 Å². The highest BCUT2D eigenvalue weighted by Gasteiger charge is 2.23. The maximum atomic E-state index is 12.3. The molecule has 0 spiro atoms. The number of amides is 1. The van der Waals surface area contributed by atoms with Gasteiger partial charge in [0, 0.05) is 6.04 Å². The van der Waals surface area contributed by atoms with Gasteiger partial charge in [-0.05, 0) is 42.5 Å². The Morgan fingerprint density at radius 2 is 2.00 bits per heavy atom. The van der Waals surface area contributed by atoms with Gasteiger partial charge < -0.3 is 15.2 Å². The Hall–Kier alpha value is -2.81. The van der Waals surface area contributed by atoms with Crippen LogP contribution in [0.3, 0.4) is 0 Å². The topological polar surface area (TPSA) is 99.4 Å². The lowest BCUT2D eigenvalue weighted by Crippen LogP contribution is -2.41. The first kappa shape index (κ1) is 18.5. The Balaban J connectivity index is 2.02. The summed E-state index contributed by atoms with van der Waals surface area (Å²) in [5, 5.41) is 20.8. The van der Waals surface area contributed by atoms with E-state index in [1.165, 1.54) is 12.5 Å². The Morgan fingerprint density at radius 3 is 2.60 bits per heavy atom. The second-order valence-electron chi connectivity index (χ2n) is 6.26. The largest absolute Gasteiger partial charge is 0.482 e. The molecule has 2 atom stereocenters. The first-order valence-corrected chi connectivity index (χ1v) is 8.37. The summed E-state index contributed by atoms with van der Waals surface area (Å²) in [6, 6.07) is 8.61. The highest BCUT2D eigenvalue weighted by atomic mass is 16.5. The minimum atomic E-state index is -1.05. The third kappa shape index (κ3) is 5.64. The normalized spacial score (nSPS) is 20.4. The number of carbonyl (C=O) groups excluding carboxylic acids is 1. The smallest absolute Gasteiger partial charge is 0.341 e. The standard InChI is InChI=1S/C19H22N2O4/c1-13-4-2-3-5-17(13)21-19(24)15(11-20)10-14-6-8-16(9-7-14)25-12-18(22)23/h6-10,13,17H,2-5,12H2,1H3,(H,21,24)(H,22,23)/b15-10+/t13-,17-/m1/s1. The number of rotatable bonds is 6. The van der Waals surface area contributed by atoms with Gasteiger partial charge in [0.15, 0.2) is 6.61 Å². The fourth-order valence-electron chi connectivity index (χ4n) is 2.90. The molecule has 1 aliphatic carbocycles. The number of benzene rings is 1. The molecule has 0 aromatic heterocycles. The second kappa shape index (κ2) is 8.88. The van der Waals surface area contributed by atoms with Crippen molar-refractivity contribution in [3.05, 3.63) is 35.4 Å². The molecule has 1 saturated carbocycles. The van der Waals surface area contributed by atoms with E-state index >= 15 is 0 Å². The van der Waals surface area contributed by atoms with Crippen LogP contribution in [0, 0.1) is 17.2 Å². The fraction of sp³-hybridized carbons (Fsp3) is 0.421. The molecule has 0 heterocycles. The van der Waals surface area contributed by atoms with E-state index in [0.717, 1.165) is 19.3 Å². The van der Waals surface area contributed by atoms with Crippen LogP contribution in [-0.2, 0) is 9.59 Å². The van der Waals surface area contributed by atoms with Gasteiger partial charge in [0.05, 0.1) is 0 Å². The molecule has 1 fully saturated rings. The van der Waals surface area contributed by atoms with Crippen LogP contribution in [0.2, 0.25) is 0 Å². The van der Waals surface area contributed by atoms with Crippen molar-refractivity contribution < 1.29 is 19.4 Å². The maximum absolute atomic E-state index is 12.3. The molecule has 6 heteroatoms. The van der Waals surface area contributed by atoms with Gasteiger partial charge >= 0.3 is 5.97 Å². The van der Waals surface area contributed by atoms with Gasteiger partial charge in [-0.1, -0.05) is 31.9 Å². The zero-order valence-electron chi connectivity index (χ0n) is 14.2. The summed E-state index contributed by atoms with van der Waals surface area (Å²) in [4.78, 5) is 22.8. The summed E-state index contributed by atoms with van der Waals surface area (Å²) >= 11 is 0. The molecule has 25 heavy (non-hydrogen) atoms. The highest BCUT2D eigenvalue weighted by molar-refractivity contribution is 6.01. The van der Waals surface area contributed by atoms with Crippen molar-refractivity contribution in [1.29, 1.82) is 5.26 Å². The van der Waals surface area contributed by atoms with Crippen LogP contribution in [-0.4, -0.2) is 29.6 Å². The van der Waals surface area contributed by atoms with E-state index in [1.807, 2.05) is 6.07 Å². The molecule has 1 aliphatic rings. The van der Waals surface area contributed by atoms with Gasteiger partial charge in [-0.3, -0.25) is 4.79 Å². The highest BCUT2D eigenvalue weighted by Crippen LogP contribution is 2.24. The first-order valence-electron chi connectivity index (χ1n) is 8.37. The Bertz CT molecular complexity index is 688. The van der Waals surface area contributed by atoms with Crippen LogP contribution in [0.1, 0.15) is 38.2 Å². The molecule has 1 amide bonds. The molecule has 2 N–H and O–H groups in total. The van der Waals surface area contributed by atoms with Crippen LogP contribution in [0.4, 0.5) is 0 Å². The number of ether oxygens (including phenoxy) is 1. The SMILES string of the molecule is C[C@@H]1CCCC[C@H]1NC(=O)/C(C#N)=C/c1ccc(OCC(=O)O)cc1. The predicted octanol–water partition coefficient (Wildman–Crippen LogP) is 2.75. The van der Waals surface area contributed by atoms with Gasteiger partial charge in [0.2, 0.25) is 0 Å². The average Bonchev–Trinajstić information content (AvgIpc) is 2.60. The van der Waals surface area contributed by atoms with E-state index in [1.54, 1.807) is 24.3 Å². The number of nitrogens with one attached hydrogen (secondary N) is 1. The number of aliphatic carboxylic acids is 1. The van der Waals surface area contributed by atoms with E-state index in [2.05, 4.69) is 12.2 Å². The predicted molar refractivity (Wildman–Crippen MR) is 92.7 cm³/mol. The van der Waals surface area contributed by atoms with Gasteiger partial charge in [-0.2, -0.15) is 5.26 Å². The molecule has 0 radical (unpaired) electrons. The molecule has 1 aromatic carbocycles. The van der Waals surface area contributed by atoms with Crippen LogP contribution in [0.25, 0.3) is 6.08 Å². The van der Waals surface area contributed by atoms with Crippen molar-refractivity contribution in [1.82, 2.24) is 5.32 Å². The number of hydrogen-bond acceptors (Lipinski definition) is 4. The van der Waals surface area contributed by atoms with E-state index in [9.17, 15) is 14.9 Å². The van der Waals surface area contributed by atoms with Crippen molar-refractivity contribution in [2.24, 2.45) is 5.92 Å². The van der Waals surface area contributed by atoms with Crippen molar-refractivity contribution in [2.75, 3.05) is 6.61 Å². The Morgan fingerprint density at radius 1 is 1.32 bits per heavy atom. The second-order valence-corrected chi connectivity index (χ2v) is 6.26. The molecular formula is C19H22N2O4. The average molecular weight is 342 g/mol. The van der Waals surface area contributed by atoms with Gasteiger partial charge in [0.25, 0.3) is 5.91 Å². The third-order valence-electron chi connectivity index (χ3n) is 4.35. The van der Waals surface area contributed by atoms with Crippen LogP contribution in [0.15, 0.2) is 29.8 Å². The molecular weight excluding hydrogens is 320 g/mol. The summed E-state index contributed by atoms with van der Waals surface area (Å²) in [7, 11) is 0. The van der Waals surface area contributed by atoms with Crippen molar-refractivity contribution in [2.45, 2.75) is 38.6 Å². The molecule has 0 bridgehead atoms. The van der Waals surface area contributed by atoms with Crippen LogP contribution < -0.4 is 10.1 Å². The molecule has 132 valence electrons. The lowest BCUT2D eigenvalue weighted by molar-refractivity contribution is -0.139. The van der Waals surface area contributed by atoms with E-state index in [4.69, 9.17) is 9.84 Å². The fourth-order valence-corrected chi connectivity index (χ4v) is 2.90. The lowest BCUT2D eigenvalue weighted by Gasteiger charge is -2.29. The summed E-state index contributed by atoms with van der Waals surface area (Å²) in [5.41, 5.74) is 0.725. The summed E-state index contributed by atoms with van der Waals surface area (Å²) in [6.07, 6.45) is 5.84. The minimum absolute atomic E-state index is 0.0528. The first-order chi connectivity index (χ1) is 12.0. The number of nitriles is 1. The van der Waals surface area contributed by atoms with Crippen LogP contribution >= 0.6 is 0 Å². The van der Waals surface area contributed by atoms with Crippen molar-refractivity contribution in [3.8, 4) is 11.8 Å². The molecule has 0 unspecified atom stereocenters. The summed E-state index contributed by atoms with van der Waals surface area (Å²) in [6.45, 7) is 1.70. The monoisotopic (exact) mass is 342 g/mol. The van der Waals surface area contributed by atoms with E-state index < -0.39 is 12.6 Å². The lowest BCUT2D eigenvalue weighted by atomic mass is 9.86. The molecule has 1 aromatic rings. The zero-order valence-corrected chi connectivity index (χ0v) is 14.2. The molecule has 0 aliphatic heterocycles. The third-order valence-corrected chi connectivity index (χ3v) is 4.35. The minimum Gasteiger partial charge on any atom is -0.482 e. The number of carboxylic acid groups (broad SMARTS) is 1. The van der Waals surface area contributed by atoms with Crippen LogP contribution in [0.5, 0.6) is 5.75 Å².